The van der Waals surface area contributed by atoms with Crippen molar-refractivity contribution in [2.24, 2.45) is 0 Å². The van der Waals surface area contributed by atoms with E-state index in [0.29, 0.717) is 6.42 Å². The lowest BCUT2D eigenvalue weighted by Crippen LogP contribution is -2.17. The zero-order chi connectivity index (χ0) is 12.1. The minimum Gasteiger partial charge on any atom is -0.396 e. The number of aliphatic hydroxyl groups is 2. The average molecular weight is 235 g/mol. The molecule has 2 rings (SSSR count). The molecular weight excluding hydrogens is 214 g/mol. The molecule has 1 fully saturated rings. The first-order valence-corrected chi connectivity index (χ1v) is 6.42. The highest BCUT2D eigenvalue weighted by molar-refractivity contribution is 5.48. The normalized spacial score (nSPS) is 17.4. The highest BCUT2D eigenvalue weighted by Gasteiger charge is 2.13. The zero-order valence-electron chi connectivity index (χ0n) is 10.2. The van der Waals surface area contributed by atoms with Gasteiger partial charge in [-0.05, 0) is 37.0 Å². The standard InChI is InChI=1S/C14H21NO2/c16-10-7-13(11-17)12-3-5-14(6-4-12)15-8-1-2-9-15/h3-6,13,16-17H,1-2,7-11H2/t13-/m1/s1. The SMILES string of the molecule is OCC[C@H](CO)c1ccc(N2CCCC2)cc1. The molecule has 1 atom stereocenters. The quantitative estimate of drug-likeness (QED) is 0.817. The van der Waals surface area contributed by atoms with Gasteiger partial charge in [-0.3, -0.25) is 0 Å². The molecule has 1 heterocycles. The Morgan fingerprint density at radius 2 is 1.71 bits per heavy atom. The van der Waals surface area contributed by atoms with E-state index in [1.807, 2.05) is 0 Å². The van der Waals surface area contributed by atoms with Crippen LogP contribution in [0.5, 0.6) is 0 Å². The molecular formula is C14H21NO2. The first-order valence-electron chi connectivity index (χ1n) is 6.42. The van der Waals surface area contributed by atoms with Crippen molar-refractivity contribution in [3.8, 4) is 0 Å². The van der Waals surface area contributed by atoms with E-state index in [0.717, 1.165) is 18.7 Å². The lowest BCUT2D eigenvalue weighted by molar-refractivity contribution is 0.220. The monoisotopic (exact) mass is 235 g/mol. The summed E-state index contributed by atoms with van der Waals surface area (Å²) in [5.41, 5.74) is 2.39. The Kier molecular flexibility index (Phi) is 4.40. The predicted octanol–water partition coefficient (Wildman–Crippen LogP) is 1.75. The van der Waals surface area contributed by atoms with Crippen molar-refractivity contribution < 1.29 is 10.2 Å². The molecule has 2 N–H and O–H groups in total. The molecule has 1 aromatic rings. The summed E-state index contributed by atoms with van der Waals surface area (Å²) in [7, 11) is 0. The first-order chi connectivity index (χ1) is 8.35. The minimum atomic E-state index is 0.0626. The van der Waals surface area contributed by atoms with Crippen molar-refractivity contribution in [1.29, 1.82) is 0 Å². The summed E-state index contributed by atoms with van der Waals surface area (Å²) in [5.74, 6) is 0.0626. The maximum atomic E-state index is 9.27. The molecule has 0 spiro atoms. The van der Waals surface area contributed by atoms with Crippen LogP contribution in [0.4, 0.5) is 5.69 Å². The molecule has 0 aromatic heterocycles. The fourth-order valence-corrected chi connectivity index (χ4v) is 2.45. The van der Waals surface area contributed by atoms with Crippen LogP contribution in [0.3, 0.4) is 0 Å². The molecule has 1 aromatic carbocycles. The van der Waals surface area contributed by atoms with Gasteiger partial charge in [0.25, 0.3) is 0 Å². The molecule has 0 saturated carbocycles. The second-order valence-corrected chi connectivity index (χ2v) is 4.68. The highest BCUT2D eigenvalue weighted by atomic mass is 16.3. The minimum absolute atomic E-state index is 0.0626. The zero-order valence-corrected chi connectivity index (χ0v) is 10.2. The van der Waals surface area contributed by atoms with Crippen LogP contribution in [0, 0.1) is 0 Å². The van der Waals surface area contributed by atoms with Crippen molar-refractivity contribution in [2.45, 2.75) is 25.2 Å². The summed E-state index contributed by atoms with van der Waals surface area (Å²) in [6.45, 7) is 2.53. The molecule has 0 bridgehead atoms. The van der Waals surface area contributed by atoms with Gasteiger partial charge in [-0.2, -0.15) is 0 Å². The molecule has 94 valence electrons. The van der Waals surface area contributed by atoms with Crippen LogP contribution in [-0.4, -0.2) is 36.5 Å². The highest BCUT2D eigenvalue weighted by Crippen LogP contribution is 2.24. The van der Waals surface area contributed by atoms with Gasteiger partial charge in [-0.1, -0.05) is 12.1 Å². The maximum Gasteiger partial charge on any atom is 0.0500 e. The second kappa shape index (κ2) is 6.03. The maximum absolute atomic E-state index is 9.27. The number of anilines is 1. The van der Waals surface area contributed by atoms with Crippen molar-refractivity contribution in [2.75, 3.05) is 31.2 Å². The molecule has 0 amide bonds. The Bertz CT molecular complexity index is 331. The number of hydrogen-bond donors (Lipinski definition) is 2. The van der Waals surface area contributed by atoms with Crippen LogP contribution in [-0.2, 0) is 0 Å². The van der Waals surface area contributed by atoms with Crippen LogP contribution >= 0.6 is 0 Å². The van der Waals surface area contributed by atoms with Crippen LogP contribution in [0.2, 0.25) is 0 Å². The van der Waals surface area contributed by atoms with E-state index < -0.39 is 0 Å². The average Bonchev–Trinajstić information content (AvgIpc) is 2.90. The van der Waals surface area contributed by atoms with Crippen molar-refractivity contribution in [3.05, 3.63) is 29.8 Å². The van der Waals surface area contributed by atoms with Gasteiger partial charge in [-0.25, -0.2) is 0 Å². The summed E-state index contributed by atoms with van der Waals surface area (Å²) >= 11 is 0. The van der Waals surface area contributed by atoms with Crippen LogP contribution in [0.25, 0.3) is 0 Å². The van der Waals surface area contributed by atoms with Crippen molar-refractivity contribution in [1.82, 2.24) is 0 Å². The number of nitrogens with zero attached hydrogens (tertiary/aromatic N) is 1. The van der Waals surface area contributed by atoms with Gasteiger partial charge in [-0.15, -0.1) is 0 Å². The second-order valence-electron chi connectivity index (χ2n) is 4.68. The van der Waals surface area contributed by atoms with Gasteiger partial charge in [0.2, 0.25) is 0 Å². The molecule has 17 heavy (non-hydrogen) atoms. The Morgan fingerprint density at radius 1 is 1.06 bits per heavy atom. The third kappa shape index (κ3) is 2.99. The lowest BCUT2D eigenvalue weighted by atomic mass is 9.97. The third-order valence-electron chi connectivity index (χ3n) is 3.53. The number of rotatable bonds is 5. The summed E-state index contributed by atoms with van der Waals surface area (Å²) < 4.78 is 0. The van der Waals surface area contributed by atoms with E-state index in [1.54, 1.807) is 0 Å². The summed E-state index contributed by atoms with van der Waals surface area (Å²) in [4.78, 5) is 2.39. The van der Waals surface area contributed by atoms with E-state index in [9.17, 15) is 5.11 Å². The van der Waals surface area contributed by atoms with Crippen LogP contribution < -0.4 is 4.90 Å². The molecule has 0 unspecified atom stereocenters. The predicted molar refractivity (Wildman–Crippen MR) is 69.4 cm³/mol. The number of benzene rings is 1. The van der Waals surface area contributed by atoms with Gasteiger partial charge in [0.15, 0.2) is 0 Å². The summed E-state index contributed by atoms with van der Waals surface area (Å²) in [6, 6.07) is 8.40. The van der Waals surface area contributed by atoms with Gasteiger partial charge < -0.3 is 15.1 Å². The molecule has 3 heteroatoms. The van der Waals surface area contributed by atoms with Crippen molar-refractivity contribution >= 4 is 5.69 Å². The Hall–Kier alpha value is -1.06. The smallest absolute Gasteiger partial charge is 0.0500 e. The first kappa shape index (κ1) is 12.4. The van der Waals surface area contributed by atoms with Crippen LogP contribution in [0.15, 0.2) is 24.3 Å². The summed E-state index contributed by atoms with van der Waals surface area (Å²) in [5, 5.41) is 18.2. The number of aliphatic hydroxyl groups excluding tert-OH is 2. The van der Waals surface area contributed by atoms with E-state index in [-0.39, 0.29) is 19.1 Å². The largest absolute Gasteiger partial charge is 0.396 e. The molecule has 3 nitrogen and oxygen atoms in total. The Labute approximate surface area is 103 Å². The Morgan fingerprint density at radius 3 is 2.24 bits per heavy atom. The Balaban J connectivity index is 2.05. The van der Waals surface area contributed by atoms with Crippen molar-refractivity contribution in [3.63, 3.8) is 0 Å². The topological polar surface area (TPSA) is 43.7 Å². The molecule has 0 aliphatic carbocycles. The molecule has 0 radical (unpaired) electrons. The van der Waals surface area contributed by atoms with Crippen LogP contribution in [0.1, 0.15) is 30.7 Å². The molecule has 1 aliphatic rings. The fraction of sp³-hybridized carbons (Fsp3) is 0.571. The van der Waals surface area contributed by atoms with E-state index in [1.165, 1.54) is 18.5 Å². The molecule has 1 saturated heterocycles. The van der Waals surface area contributed by atoms with E-state index >= 15 is 0 Å². The van der Waals surface area contributed by atoms with Gasteiger partial charge in [0.05, 0.1) is 6.61 Å². The third-order valence-corrected chi connectivity index (χ3v) is 3.53. The van der Waals surface area contributed by atoms with Gasteiger partial charge in [0, 0.05) is 31.3 Å². The van der Waals surface area contributed by atoms with Gasteiger partial charge in [0.1, 0.15) is 0 Å². The fourth-order valence-electron chi connectivity index (χ4n) is 2.45. The van der Waals surface area contributed by atoms with E-state index in [2.05, 4.69) is 29.2 Å². The van der Waals surface area contributed by atoms with Gasteiger partial charge >= 0.3 is 0 Å². The lowest BCUT2D eigenvalue weighted by Gasteiger charge is -2.19. The summed E-state index contributed by atoms with van der Waals surface area (Å²) in [6.07, 6.45) is 3.19. The van der Waals surface area contributed by atoms with E-state index in [4.69, 9.17) is 5.11 Å². The molecule has 1 aliphatic heterocycles. The number of hydrogen-bond acceptors (Lipinski definition) is 3.